The Bertz CT molecular complexity index is 754. The lowest BCUT2D eigenvalue weighted by molar-refractivity contribution is -0.136. The first-order valence-electron chi connectivity index (χ1n) is 8.00. The molecule has 1 aromatic carbocycles. The van der Waals surface area contributed by atoms with E-state index in [0.29, 0.717) is 31.9 Å². The van der Waals surface area contributed by atoms with Crippen molar-refractivity contribution in [2.45, 2.75) is 12.1 Å². The van der Waals surface area contributed by atoms with E-state index in [9.17, 15) is 9.59 Å². The second kappa shape index (κ2) is 8.05. The zero-order valence-electron chi connectivity index (χ0n) is 13.9. The quantitative estimate of drug-likeness (QED) is 0.709. The van der Waals surface area contributed by atoms with Crippen LogP contribution >= 0.6 is 27.7 Å². The van der Waals surface area contributed by atoms with Crippen LogP contribution in [0.3, 0.4) is 0 Å². The summed E-state index contributed by atoms with van der Waals surface area (Å²) in [6.07, 6.45) is 3.63. The maximum atomic E-state index is 12.4. The Labute approximate surface area is 159 Å². The number of piperazine rings is 1. The molecule has 1 aliphatic heterocycles. The first-order valence-corrected chi connectivity index (χ1v) is 9.78. The Balaban J connectivity index is 1.58. The average molecular weight is 423 g/mol. The number of nitrogens with zero attached hydrogens (tertiary/aromatic N) is 4. The van der Waals surface area contributed by atoms with Gasteiger partial charge in [-0.05, 0) is 24.3 Å². The minimum atomic E-state index is 0.0676. The van der Waals surface area contributed by atoms with Crippen LogP contribution in [-0.2, 0) is 9.59 Å². The second-order valence-electron chi connectivity index (χ2n) is 5.73. The van der Waals surface area contributed by atoms with Gasteiger partial charge in [0, 0.05) is 55.7 Å². The molecule has 2 amide bonds. The topological polar surface area (TPSA) is 58.4 Å². The molecule has 0 radical (unpaired) electrons. The summed E-state index contributed by atoms with van der Waals surface area (Å²) in [5, 5.41) is 0.790. The van der Waals surface area contributed by atoms with Gasteiger partial charge >= 0.3 is 0 Å². The van der Waals surface area contributed by atoms with Crippen molar-refractivity contribution in [1.82, 2.24) is 19.4 Å². The van der Waals surface area contributed by atoms with E-state index in [1.807, 2.05) is 39.9 Å². The van der Waals surface area contributed by atoms with Gasteiger partial charge in [0.2, 0.25) is 11.8 Å². The molecule has 0 bridgehead atoms. The van der Waals surface area contributed by atoms with Crippen LogP contribution in [0.1, 0.15) is 6.92 Å². The number of halogens is 1. The summed E-state index contributed by atoms with van der Waals surface area (Å²) >= 11 is 4.86. The van der Waals surface area contributed by atoms with Crippen LogP contribution in [0.25, 0.3) is 5.69 Å². The van der Waals surface area contributed by atoms with Gasteiger partial charge in [0.05, 0.1) is 5.75 Å². The third kappa shape index (κ3) is 4.43. The summed E-state index contributed by atoms with van der Waals surface area (Å²) in [4.78, 5) is 31.7. The minimum absolute atomic E-state index is 0.0676. The third-order valence-corrected chi connectivity index (χ3v) is 5.59. The molecule has 6 nitrogen and oxygen atoms in total. The van der Waals surface area contributed by atoms with Gasteiger partial charge in [0.25, 0.3) is 0 Å². The molecule has 0 aliphatic carbocycles. The summed E-state index contributed by atoms with van der Waals surface area (Å²) in [7, 11) is 0. The van der Waals surface area contributed by atoms with E-state index >= 15 is 0 Å². The van der Waals surface area contributed by atoms with Crippen molar-refractivity contribution in [3.8, 4) is 5.69 Å². The number of carbonyl (C=O) groups is 2. The molecule has 0 spiro atoms. The summed E-state index contributed by atoms with van der Waals surface area (Å²) in [5.41, 5.74) is 1.01. The van der Waals surface area contributed by atoms with Crippen LogP contribution in [0.5, 0.6) is 0 Å². The van der Waals surface area contributed by atoms with Gasteiger partial charge < -0.3 is 9.80 Å². The number of aromatic nitrogens is 2. The molecule has 3 rings (SSSR count). The van der Waals surface area contributed by atoms with Crippen molar-refractivity contribution in [3.05, 3.63) is 41.1 Å². The fraction of sp³-hybridized carbons (Fsp3) is 0.353. The SMILES string of the molecule is CC(=O)N1CCN(C(=O)CSc2nccn2-c2ccc(Br)cc2)CC1. The number of benzene rings is 1. The van der Waals surface area contributed by atoms with E-state index in [-0.39, 0.29) is 11.8 Å². The fourth-order valence-electron chi connectivity index (χ4n) is 2.68. The van der Waals surface area contributed by atoms with Crippen LogP contribution < -0.4 is 0 Å². The zero-order valence-corrected chi connectivity index (χ0v) is 16.3. The number of carbonyl (C=O) groups excluding carboxylic acids is 2. The van der Waals surface area contributed by atoms with Crippen LogP contribution in [-0.4, -0.2) is 63.1 Å². The van der Waals surface area contributed by atoms with E-state index in [0.717, 1.165) is 15.3 Å². The van der Waals surface area contributed by atoms with Gasteiger partial charge in [-0.1, -0.05) is 27.7 Å². The van der Waals surface area contributed by atoms with E-state index in [1.54, 1.807) is 18.0 Å². The van der Waals surface area contributed by atoms with E-state index < -0.39 is 0 Å². The highest BCUT2D eigenvalue weighted by atomic mass is 79.9. The highest BCUT2D eigenvalue weighted by molar-refractivity contribution is 9.10. The molecule has 1 fully saturated rings. The highest BCUT2D eigenvalue weighted by Gasteiger charge is 2.22. The molecule has 25 heavy (non-hydrogen) atoms. The fourth-order valence-corrected chi connectivity index (χ4v) is 3.82. The molecule has 0 unspecified atom stereocenters. The lowest BCUT2D eigenvalue weighted by Crippen LogP contribution is -2.50. The van der Waals surface area contributed by atoms with E-state index in [4.69, 9.17) is 0 Å². The molecule has 1 aliphatic rings. The Hall–Kier alpha value is -1.80. The monoisotopic (exact) mass is 422 g/mol. The highest BCUT2D eigenvalue weighted by Crippen LogP contribution is 2.22. The van der Waals surface area contributed by atoms with Crippen LogP contribution in [0.2, 0.25) is 0 Å². The molecule has 2 aromatic rings. The zero-order chi connectivity index (χ0) is 17.8. The molecule has 1 saturated heterocycles. The largest absolute Gasteiger partial charge is 0.339 e. The summed E-state index contributed by atoms with van der Waals surface area (Å²) in [6.45, 7) is 3.98. The van der Waals surface area contributed by atoms with Crippen LogP contribution in [0.4, 0.5) is 0 Å². The molecule has 0 atom stereocenters. The number of amides is 2. The van der Waals surface area contributed by atoms with Gasteiger partial charge in [-0.25, -0.2) is 4.98 Å². The van der Waals surface area contributed by atoms with Gasteiger partial charge in [-0.2, -0.15) is 0 Å². The van der Waals surface area contributed by atoms with Crippen molar-refractivity contribution in [1.29, 1.82) is 0 Å². The third-order valence-electron chi connectivity index (χ3n) is 4.11. The first kappa shape index (κ1) is 18.0. The van der Waals surface area contributed by atoms with Crippen molar-refractivity contribution in [2.75, 3.05) is 31.9 Å². The lowest BCUT2D eigenvalue weighted by atomic mass is 10.3. The number of imidazole rings is 1. The Morgan fingerprint density at radius 2 is 1.76 bits per heavy atom. The van der Waals surface area contributed by atoms with Gasteiger partial charge in [0.1, 0.15) is 0 Å². The smallest absolute Gasteiger partial charge is 0.233 e. The molecular weight excluding hydrogens is 404 g/mol. The molecule has 2 heterocycles. The maximum Gasteiger partial charge on any atom is 0.233 e. The van der Waals surface area contributed by atoms with E-state index in [1.165, 1.54) is 11.8 Å². The van der Waals surface area contributed by atoms with Crippen LogP contribution in [0, 0.1) is 0 Å². The first-order chi connectivity index (χ1) is 12.0. The molecule has 132 valence electrons. The summed E-state index contributed by atoms with van der Waals surface area (Å²) in [5.74, 6) is 0.490. The Kier molecular flexibility index (Phi) is 5.80. The predicted molar refractivity (Wildman–Crippen MR) is 101 cm³/mol. The van der Waals surface area contributed by atoms with Gasteiger partial charge in [-0.15, -0.1) is 0 Å². The minimum Gasteiger partial charge on any atom is -0.339 e. The Morgan fingerprint density at radius 1 is 1.12 bits per heavy atom. The number of hydrogen-bond acceptors (Lipinski definition) is 4. The normalized spacial score (nSPS) is 14.6. The summed E-state index contributed by atoms with van der Waals surface area (Å²) in [6, 6.07) is 7.95. The standard InChI is InChI=1S/C17H19BrN4O2S/c1-13(23)20-8-10-21(11-9-20)16(24)12-25-17-19-6-7-22(17)15-4-2-14(18)3-5-15/h2-7H,8-12H2,1H3. The van der Waals surface area contributed by atoms with Crippen molar-refractivity contribution in [2.24, 2.45) is 0 Å². The number of rotatable bonds is 4. The lowest BCUT2D eigenvalue weighted by Gasteiger charge is -2.34. The molecule has 1 aromatic heterocycles. The molecular formula is C17H19BrN4O2S. The Morgan fingerprint density at radius 3 is 2.40 bits per heavy atom. The van der Waals surface area contributed by atoms with Crippen LogP contribution in [0.15, 0.2) is 46.3 Å². The van der Waals surface area contributed by atoms with Crippen molar-refractivity contribution < 1.29 is 9.59 Å². The number of hydrogen-bond donors (Lipinski definition) is 0. The second-order valence-corrected chi connectivity index (χ2v) is 7.59. The van der Waals surface area contributed by atoms with Crippen molar-refractivity contribution in [3.63, 3.8) is 0 Å². The number of thioether (sulfide) groups is 1. The molecule has 0 N–H and O–H groups in total. The summed E-state index contributed by atoms with van der Waals surface area (Å²) < 4.78 is 2.99. The van der Waals surface area contributed by atoms with Gasteiger partial charge in [0.15, 0.2) is 5.16 Å². The van der Waals surface area contributed by atoms with Crippen molar-refractivity contribution >= 4 is 39.5 Å². The maximum absolute atomic E-state index is 12.4. The molecule has 8 heteroatoms. The van der Waals surface area contributed by atoms with E-state index in [2.05, 4.69) is 20.9 Å². The molecule has 0 saturated carbocycles. The van der Waals surface area contributed by atoms with Gasteiger partial charge in [-0.3, -0.25) is 14.2 Å². The average Bonchev–Trinajstić information content (AvgIpc) is 3.09. The predicted octanol–water partition coefficient (Wildman–Crippen LogP) is 2.42.